The van der Waals surface area contributed by atoms with Gasteiger partial charge in [-0.05, 0) is 25.2 Å². The highest BCUT2D eigenvalue weighted by atomic mass is 32.2. The van der Waals surface area contributed by atoms with Gasteiger partial charge in [-0.15, -0.1) is 6.58 Å². The summed E-state index contributed by atoms with van der Waals surface area (Å²) in [5, 5.41) is 0. The van der Waals surface area contributed by atoms with Crippen molar-refractivity contribution in [2.45, 2.75) is 25.7 Å². The Labute approximate surface area is 86.7 Å². The fourth-order valence-electron chi connectivity index (χ4n) is 2.07. The van der Waals surface area contributed by atoms with Gasteiger partial charge in [0, 0.05) is 5.92 Å². The van der Waals surface area contributed by atoms with Crippen LogP contribution in [0.1, 0.15) is 25.7 Å². The molecule has 2 rings (SSSR count). The molecule has 0 N–H and O–H groups in total. The third-order valence-corrected chi connectivity index (χ3v) is 3.44. The van der Waals surface area contributed by atoms with Gasteiger partial charge in [0.15, 0.2) is 5.76 Å². The minimum atomic E-state index is -1.59. The molecule has 78 valence electrons. The summed E-state index contributed by atoms with van der Waals surface area (Å²) in [4.78, 5) is 0. The van der Waals surface area contributed by atoms with Crippen LogP contribution < -0.4 is 0 Å². The summed E-state index contributed by atoms with van der Waals surface area (Å²) >= 11 is -1.59. The molecule has 0 radical (unpaired) electrons. The maximum atomic E-state index is 10.8. The van der Waals surface area contributed by atoms with Crippen molar-refractivity contribution in [2.75, 3.05) is 0 Å². The molecular weight excluding hydrogens is 200 g/mol. The van der Waals surface area contributed by atoms with Gasteiger partial charge in [-0.25, -0.2) is 0 Å². The van der Waals surface area contributed by atoms with Crippen molar-refractivity contribution < 1.29 is 12.6 Å². The summed E-state index contributed by atoms with van der Waals surface area (Å²) in [5.74, 6) is 1.67. The van der Waals surface area contributed by atoms with Crippen LogP contribution in [0.25, 0.3) is 0 Å². The molecule has 2 aliphatic rings. The largest absolute Gasteiger partial charge is 0.417 e. The predicted octanol–water partition coefficient (Wildman–Crippen LogP) is 2.45. The summed E-state index contributed by atoms with van der Waals surface area (Å²) in [6.45, 7) is 3.81. The van der Waals surface area contributed by atoms with Crippen LogP contribution in [0.2, 0.25) is 0 Å². The molecule has 3 nitrogen and oxygen atoms in total. The SMILES string of the molecule is C=CC1CCCC(C2=COS(=O)O2)C1. The summed E-state index contributed by atoms with van der Waals surface area (Å²) in [6, 6.07) is 0. The summed E-state index contributed by atoms with van der Waals surface area (Å²) in [7, 11) is 0. The zero-order valence-corrected chi connectivity index (χ0v) is 8.79. The van der Waals surface area contributed by atoms with E-state index in [1.165, 1.54) is 19.1 Å². The van der Waals surface area contributed by atoms with Crippen molar-refractivity contribution in [3.8, 4) is 0 Å². The van der Waals surface area contributed by atoms with Crippen LogP contribution in [0, 0.1) is 11.8 Å². The second-order valence-electron chi connectivity index (χ2n) is 3.76. The first-order chi connectivity index (χ1) is 6.79. The van der Waals surface area contributed by atoms with E-state index in [1.54, 1.807) is 0 Å². The molecular formula is C10H14O3S. The smallest absolute Gasteiger partial charge is 0.375 e. The topological polar surface area (TPSA) is 35.5 Å². The normalized spacial score (nSPS) is 36.9. The van der Waals surface area contributed by atoms with Crippen molar-refractivity contribution in [2.24, 2.45) is 11.8 Å². The Morgan fingerprint density at radius 3 is 3.07 bits per heavy atom. The van der Waals surface area contributed by atoms with E-state index >= 15 is 0 Å². The van der Waals surface area contributed by atoms with Gasteiger partial charge in [0.25, 0.3) is 0 Å². The van der Waals surface area contributed by atoms with E-state index in [4.69, 9.17) is 8.37 Å². The van der Waals surface area contributed by atoms with Crippen molar-refractivity contribution >= 4 is 11.4 Å². The van der Waals surface area contributed by atoms with Gasteiger partial charge < -0.3 is 8.37 Å². The minimum absolute atomic E-state index is 0.359. The van der Waals surface area contributed by atoms with E-state index in [2.05, 4.69) is 6.58 Å². The monoisotopic (exact) mass is 214 g/mol. The highest BCUT2D eigenvalue weighted by Gasteiger charge is 2.29. The van der Waals surface area contributed by atoms with E-state index < -0.39 is 11.4 Å². The number of hydrogen-bond acceptors (Lipinski definition) is 3. The maximum Gasteiger partial charge on any atom is 0.417 e. The van der Waals surface area contributed by atoms with E-state index in [9.17, 15) is 4.21 Å². The lowest BCUT2D eigenvalue weighted by molar-refractivity contribution is 0.275. The Morgan fingerprint density at radius 2 is 2.43 bits per heavy atom. The lowest BCUT2D eigenvalue weighted by Gasteiger charge is -2.25. The van der Waals surface area contributed by atoms with Crippen LogP contribution in [0.15, 0.2) is 24.7 Å². The molecule has 0 aromatic rings. The van der Waals surface area contributed by atoms with Crippen LogP contribution >= 0.6 is 0 Å². The molecule has 1 heterocycles. The highest BCUT2D eigenvalue weighted by molar-refractivity contribution is 7.75. The standard InChI is InChI=1S/C10H14O3S/c1-2-8-4-3-5-9(6-8)10-7-12-14(11)13-10/h2,7-9H,1,3-6H2. The fourth-order valence-corrected chi connectivity index (χ4v) is 2.61. The van der Waals surface area contributed by atoms with Gasteiger partial charge >= 0.3 is 11.4 Å². The first kappa shape index (κ1) is 9.77. The number of allylic oxidation sites excluding steroid dienone is 2. The number of hydrogen-bond donors (Lipinski definition) is 0. The second kappa shape index (κ2) is 4.17. The van der Waals surface area contributed by atoms with Crippen molar-refractivity contribution in [3.05, 3.63) is 24.7 Å². The Morgan fingerprint density at radius 1 is 1.57 bits per heavy atom. The van der Waals surface area contributed by atoms with Crippen molar-refractivity contribution in [1.29, 1.82) is 0 Å². The van der Waals surface area contributed by atoms with Gasteiger partial charge in [-0.2, -0.15) is 4.21 Å². The van der Waals surface area contributed by atoms with Crippen molar-refractivity contribution in [3.63, 3.8) is 0 Å². The lowest BCUT2D eigenvalue weighted by Crippen LogP contribution is -2.16. The Kier molecular flexibility index (Phi) is 2.91. The van der Waals surface area contributed by atoms with Crippen LogP contribution in [0.3, 0.4) is 0 Å². The summed E-state index contributed by atoms with van der Waals surface area (Å²) in [5.41, 5.74) is 0. The molecule has 1 fully saturated rings. The van der Waals surface area contributed by atoms with E-state index in [0.29, 0.717) is 11.8 Å². The molecule has 1 aliphatic carbocycles. The average Bonchev–Trinajstić information content (AvgIpc) is 2.65. The Balaban J connectivity index is 1.97. The van der Waals surface area contributed by atoms with Gasteiger partial charge in [0.05, 0.1) is 0 Å². The molecule has 0 aromatic carbocycles. The maximum absolute atomic E-state index is 10.8. The van der Waals surface area contributed by atoms with Crippen LogP contribution in [-0.4, -0.2) is 4.21 Å². The van der Waals surface area contributed by atoms with E-state index in [0.717, 1.165) is 18.6 Å². The van der Waals surface area contributed by atoms with Gasteiger partial charge in [-0.3, -0.25) is 0 Å². The van der Waals surface area contributed by atoms with Gasteiger partial charge in [0.1, 0.15) is 6.26 Å². The van der Waals surface area contributed by atoms with Crippen molar-refractivity contribution in [1.82, 2.24) is 0 Å². The lowest BCUT2D eigenvalue weighted by atomic mass is 9.81. The molecule has 0 amide bonds. The van der Waals surface area contributed by atoms with Gasteiger partial charge in [-0.1, -0.05) is 12.5 Å². The third kappa shape index (κ3) is 2.00. The molecule has 3 atom stereocenters. The Bertz CT molecular complexity index is 285. The molecule has 1 aliphatic heterocycles. The first-order valence-electron chi connectivity index (χ1n) is 4.89. The predicted molar refractivity (Wildman–Crippen MR) is 54.0 cm³/mol. The van der Waals surface area contributed by atoms with Crippen LogP contribution in [0.5, 0.6) is 0 Å². The van der Waals surface area contributed by atoms with Crippen LogP contribution in [-0.2, 0) is 19.7 Å². The molecule has 0 saturated heterocycles. The zero-order chi connectivity index (χ0) is 9.97. The fraction of sp³-hybridized carbons (Fsp3) is 0.600. The van der Waals surface area contributed by atoms with Crippen LogP contribution in [0.4, 0.5) is 0 Å². The molecule has 3 unspecified atom stereocenters. The van der Waals surface area contributed by atoms with Gasteiger partial charge in [0.2, 0.25) is 0 Å². The summed E-state index contributed by atoms with van der Waals surface area (Å²) < 4.78 is 20.7. The number of rotatable bonds is 2. The second-order valence-corrected chi connectivity index (χ2v) is 4.53. The van der Waals surface area contributed by atoms with E-state index in [1.807, 2.05) is 6.08 Å². The molecule has 4 heteroatoms. The average molecular weight is 214 g/mol. The zero-order valence-electron chi connectivity index (χ0n) is 7.98. The highest BCUT2D eigenvalue weighted by Crippen LogP contribution is 2.36. The minimum Gasteiger partial charge on any atom is -0.375 e. The molecule has 14 heavy (non-hydrogen) atoms. The quantitative estimate of drug-likeness (QED) is 0.662. The summed E-state index contributed by atoms with van der Waals surface area (Å²) in [6.07, 6.45) is 8.00. The Hall–Kier alpha value is -0.770. The molecule has 0 bridgehead atoms. The third-order valence-electron chi connectivity index (χ3n) is 2.86. The first-order valence-corrected chi connectivity index (χ1v) is 5.89. The molecule has 0 spiro atoms. The van der Waals surface area contributed by atoms with E-state index in [-0.39, 0.29) is 0 Å². The molecule has 0 aromatic heterocycles. The molecule has 1 saturated carbocycles.